The van der Waals surface area contributed by atoms with Crippen LogP contribution in [-0.4, -0.2) is 50.6 Å². The lowest BCUT2D eigenvalue weighted by Gasteiger charge is -2.35. The van der Waals surface area contributed by atoms with Gasteiger partial charge in [-0.15, -0.1) is 0 Å². The maximum Gasteiger partial charge on any atom is 0.357 e. The van der Waals surface area contributed by atoms with E-state index in [1.807, 2.05) is 0 Å². The number of ketones is 1. The molecule has 1 fully saturated rings. The van der Waals surface area contributed by atoms with Crippen LogP contribution < -0.4 is 0 Å². The number of hydrogen-bond acceptors (Lipinski definition) is 5. The van der Waals surface area contributed by atoms with E-state index in [-0.39, 0.29) is 38.3 Å². The predicted molar refractivity (Wildman–Crippen MR) is 63.1 cm³/mol. The van der Waals surface area contributed by atoms with Crippen LogP contribution in [0.1, 0.15) is 19.8 Å². The summed E-state index contributed by atoms with van der Waals surface area (Å²) < 4.78 is 27.8. The van der Waals surface area contributed by atoms with E-state index < -0.39 is 20.7 Å². The molecule has 0 saturated carbocycles. The van der Waals surface area contributed by atoms with Gasteiger partial charge in [-0.2, -0.15) is 0 Å². The van der Waals surface area contributed by atoms with Crippen molar-refractivity contribution in [3.8, 4) is 0 Å². The molecule has 0 bridgehead atoms. The minimum absolute atomic E-state index is 0.0279. The van der Waals surface area contributed by atoms with Crippen LogP contribution in [0.15, 0.2) is 0 Å². The van der Waals surface area contributed by atoms with Crippen molar-refractivity contribution in [3.05, 3.63) is 0 Å². The number of likely N-dealkylation sites (tertiary alicyclic amines) is 1. The fourth-order valence-electron chi connectivity index (χ4n) is 1.87. The standard InChI is InChI=1S/C8H17NO7P2/c1-2-16-18(14,15)8(17(11,12)13)9-5-3-7(10)4-6-9/h8H,2-6H2,1H3,(H,14,15)(H2,11,12,13). The molecule has 0 aromatic rings. The van der Waals surface area contributed by atoms with Crippen LogP contribution >= 0.6 is 15.2 Å². The summed E-state index contributed by atoms with van der Waals surface area (Å²) in [5.74, 6) is -0.0279. The first-order valence-electron chi connectivity index (χ1n) is 5.46. The van der Waals surface area contributed by atoms with Crippen LogP contribution in [0.2, 0.25) is 0 Å². The molecule has 0 aromatic carbocycles. The molecule has 2 unspecified atom stereocenters. The molecule has 0 aromatic heterocycles. The van der Waals surface area contributed by atoms with Crippen LogP contribution in [0, 0.1) is 0 Å². The second-order valence-corrected chi connectivity index (χ2v) is 7.94. The van der Waals surface area contributed by atoms with Gasteiger partial charge >= 0.3 is 15.2 Å². The van der Waals surface area contributed by atoms with E-state index >= 15 is 0 Å². The minimum atomic E-state index is -4.84. The minimum Gasteiger partial charge on any atom is -0.323 e. The van der Waals surface area contributed by atoms with E-state index in [1.54, 1.807) is 0 Å². The second kappa shape index (κ2) is 5.92. The number of Topliss-reactive ketones (excluding diaryl/α,β-unsaturated/α-hetero) is 1. The third-order valence-electron chi connectivity index (χ3n) is 2.59. The van der Waals surface area contributed by atoms with Gasteiger partial charge in [-0.3, -0.25) is 18.8 Å². The summed E-state index contributed by atoms with van der Waals surface area (Å²) in [7, 11) is -9.30. The maximum atomic E-state index is 11.9. The SMILES string of the molecule is CCOP(=O)(O)C(N1CCC(=O)CC1)P(=O)(O)O. The summed E-state index contributed by atoms with van der Waals surface area (Å²) in [6.07, 6.45) is 0.227. The third-order valence-corrected chi connectivity index (χ3v) is 6.83. The molecule has 1 rings (SSSR count). The Kier molecular flexibility index (Phi) is 5.26. The molecular formula is C8H17NO7P2. The van der Waals surface area contributed by atoms with Gasteiger partial charge in [0.2, 0.25) is 5.52 Å². The summed E-state index contributed by atoms with van der Waals surface area (Å²) in [6, 6.07) is 0. The van der Waals surface area contributed by atoms with E-state index in [0.717, 1.165) is 0 Å². The van der Waals surface area contributed by atoms with E-state index in [0.29, 0.717) is 0 Å². The Bertz CT molecular complexity index is 396. The lowest BCUT2D eigenvalue weighted by Crippen LogP contribution is -2.41. The number of rotatable bonds is 5. The number of nitrogens with zero attached hydrogens (tertiary/aromatic N) is 1. The molecular weight excluding hydrogens is 284 g/mol. The second-order valence-electron chi connectivity index (χ2n) is 3.99. The van der Waals surface area contributed by atoms with Crippen LogP contribution in [-0.2, 0) is 18.4 Å². The van der Waals surface area contributed by atoms with E-state index in [9.17, 15) is 28.6 Å². The van der Waals surface area contributed by atoms with Crippen molar-refractivity contribution in [1.82, 2.24) is 4.90 Å². The molecule has 1 saturated heterocycles. The summed E-state index contributed by atoms with van der Waals surface area (Å²) in [5.41, 5.74) is -1.89. The quantitative estimate of drug-likeness (QED) is 0.621. The molecule has 106 valence electrons. The van der Waals surface area contributed by atoms with E-state index in [4.69, 9.17) is 0 Å². The first-order valence-corrected chi connectivity index (χ1v) is 8.79. The van der Waals surface area contributed by atoms with Gasteiger partial charge in [0.15, 0.2) is 0 Å². The summed E-state index contributed by atoms with van der Waals surface area (Å²) in [4.78, 5) is 40.3. The average Bonchev–Trinajstić information content (AvgIpc) is 2.18. The Morgan fingerprint density at radius 1 is 1.28 bits per heavy atom. The highest BCUT2D eigenvalue weighted by molar-refractivity contribution is 7.71. The maximum absolute atomic E-state index is 11.9. The molecule has 1 aliphatic heterocycles. The van der Waals surface area contributed by atoms with Crippen LogP contribution in [0.25, 0.3) is 0 Å². The monoisotopic (exact) mass is 301 g/mol. The molecule has 0 aliphatic carbocycles. The van der Waals surface area contributed by atoms with Crippen molar-refractivity contribution in [2.24, 2.45) is 0 Å². The number of carbonyl (C=O) groups is 1. The molecule has 0 radical (unpaired) electrons. The first-order chi connectivity index (χ1) is 8.18. The largest absolute Gasteiger partial charge is 0.357 e. The fourth-order valence-corrected chi connectivity index (χ4v) is 5.39. The van der Waals surface area contributed by atoms with Gasteiger partial charge in [0, 0.05) is 25.9 Å². The van der Waals surface area contributed by atoms with Crippen molar-refractivity contribution in [1.29, 1.82) is 0 Å². The highest BCUT2D eigenvalue weighted by Crippen LogP contribution is 2.64. The summed E-state index contributed by atoms with van der Waals surface area (Å²) in [6.45, 7) is 1.43. The lowest BCUT2D eigenvalue weighted by atomic mass is 10.1. The molecule has 2 atom stereocenters. The van der Waals surface area contributed by atoms with Crippen LogP contribution in [0.5, 0.6) is 0 Å². The average molecular weight is 301 g/mol. The highest BCUT2D eigenvalue weighted by Gasteiger charge is 2.49. The zero-order valence-corrected chi connectivity index (χ0v) is 11.7. The van der Waals surface area contributed by atoms with Crippen molar-refractivity contribution < 1.29 is 33.1 Å². The topological polar surface area (TPSA) is 124 Å². The van der Waals surface area contributed by atoms with Gasteiger partial charge < -0.3 is 19.2 Å². The molecule has 8 nitrogen and oxygen atoms in total. The molecule has 10 heteroatoms. The summed E-state index contributed by atoms with van der Waals surface area (Å²) in [5, 5.41) is 0. The van der Waals surface area contributed by atoms with Crippen LogP contribution in [0.3, 0.4) is 0 Å². The third kappa shape index (κ3) is 3.96. The van der Waals surface area contributed by atoms with Gasteiger partial charge in [0.25, 0.3) is 0 Å². The lowest BCUT2D eigenvalue weighted by molar-refractivity contribution is -0.121. The van der Waals surface area contributed by atoms with E-state index in [2.05, 4.69) is 4.52 Å². The Balaban J connectivity index is 2.96. The number of hydrogen-bond donors (Lipinski definition) is 3. The predicted octanol–water partition coefficient (Wildman–Crippen LogP) is 0.335. The Morgan fingerprint density at radius 2 is 1.78 bits per heavy atom. The van der Waals surface area contributed by atoms with Crippen LogP contribution in [0.4, 0.5) is 0 Å². The van der Waals surface area contributed by atoms with E-state index in [1.165, 1.54) is 11.8 Å². The first kappa shape index (κ1) is 16.0. The van der Waals surface area contributed by atoms with Crippen molar-refractivity contribution in [2.75, 3.05) is 19.7 Å². The Morgan fingerprint density at radius 3 is 2.17 bits per heavy atom. The molecule has 1 aliphatic rings. The van der Waals surface area contributed by atoms with Gasteiger partial charge in [-0.05, 0) is 6.92 Å². The smallest absolute Gasteiger partial charge is 0.323 e. The van der Waals surface area contributed by atoms with Crippen molar-refractivity contribution >= 4 is 21.0 Å². The molecule has 1 heterocycles. The van der Waals surface area contributed by atoms with Crippen molar-refractivity contribution in [3.63, 3.8) is 0 Å². The van der Waals surface area contributed by atoms with Gasteiger partial charge in [-0.1, -0.05) is 0 Å². The Hall–Kier alpha value is -0.0700. The highest BCUT2D eigenvalue weighted by atomic mass is 31.2. The summed E-state index contributed by atoms with van der Waals surface area (Å²) >= 11 is 0. The number of piperidine rings is 1. The Labute approximate surface area is 105 Å². The van der Waals surface area contributed by atoms with Gasteiger partial charge in [-0.25, -0.2) is 0 Å². The normalized spacial score (nSPS) is 23.7. The van der Waals surface area contributed by atoms with Gasteiger partial charge in [0.05, 0.1) is 6.61 Å². The fraction of sp³-hybridized carbons (Fsp3) is 0.875. The molecule has 18 heavy (non-hydrogen) atoms. The van der Waals surface area contributed by atoms with Gasteiger partial charge in [0.1, 0.15) is 5.78 Å². The molecule has 0 spiro atoms. The molecule has 0 amide bonds. The number of carbonyl (C=O) groups excluding carboxylic acids is 1. The zero-order chi connectivity index (χ0) is 14.0. The zero-order valence-electron chi connectivity index (χ0n) is 9.93. The van der Waals surface area contributed by atoms with Crippen molar-refractivity contribution in [2.45, 2.75) is 25.3 Å². The molecule has 3 N–H and O–H groups in total.